The second-order valence-corrected chi connectivity index (χ2v) is 4.10. The molecule has 4 heteroatoms. The maximum atomic E-state index is 11.7. The molecule has 0 aliphatic rings. The normalized spacial score (nSPS) is 11.2. The van der Waals surface area contributed by atoms with Crippen molar-refractivity contribution in [3.63, 3.8) is 0 Å². The van der Waals surface area contributed by atoms with Gasteiger partial charge in [0, 0.05) is 19.3 Å². The second kappa shape index (κ2) is 4.99. The van der Waals surface area contributed by atoms with Crippen molar-refractivity contribution in [1.29, 1.82) is 0 Å². The van der Waals surface area contributed by atoms with Gasteiger partial charge in [-0.3, -0.25) is 4.79 Å². The van der Waals surface area contributed by atoms with Gasteiger partial charge in [-0.05, 0) is 25.5 Å². The van der Waals surface area contributed by atoms with Gasteiger partial charge in [0.05, 0.1) is 0 Å². The number of nitrogens with two attached hydrogens (primary N) is 1. The zero-order valence-electron chi connectivity index (χ0n) is 9.91. The number of methoxy groups -OCH3 is 1. The van der Waals surface area contributed by atoms with Crippen LogP contribution in [0.2, 0.25) is 0 Å². The minimum atomic E-state index is -0.816. The average molecular weight is 222 g/mol. The number of para-hydroxylation sites is 1. The third-order valence-corrected chi connectivity index (χ3v) is 2.55. The molecule has 0 fully saturated rings. The number of rotatable bonds is 4. The first-order valence-corrected chi connectivity index (χ1v) is 5.14. The molecule has 0 spiro atoms. The van der Waals surface area contributed by atoms with E-state index in [0.29, 0.717) is 12.2 Å². The summed E-state index contributed by atoms with van der Waals surface area (Å²) >= 11 is 0. The number of nitrogens with one attached hydrogen (secondary N) is 1. The van der Waals surface area contributed by atoms with E-state index in [4.69, 9.17) is 10.5 Å². The lowest BCUT2D eigenvalue weighted by atomic mass is 10.1. The van der Waals surface area contributed by atoms with Crippen LogP contribution < -0.4 is 11.1 Å². The molecule has 4 nitrogen and oxygen atoms in total. The highest BCUT2D eigenvalue weighted by atomic mass is 16.5. The Morgan fingerprint density at radius 2 is 2.06 bits per heavy atom. The van der Waals surface area contributed by atoms with Gasteiger partial charge in [-0.2, -0.15) is 0 Å². The van der Waals surface area contributed by atoms with Crippen LogP contribution in [0.4, 0.5) is 5.69 Å². The number of nitrogen functional groups attached to an aromatic ring is 1. The van der Waals surface area contributed by atoms with Crippen LogP contribution in [0.3, 0.4) is 0 Å². The van der Waals surface area contributed by atoms with Crippen LogP contribution in [0.25, 0.3) is 0 Å². The first-order valence-electron chi connectivity index (χ1n) is 5.14. The van der Waals surface area contributed by atoms with Crippen molar-refractivity contribution in [2.24, 2.45) is 0 Å². The molecule has 1 amide bonds. The molecule has 0 radical (unpaired) electrons. The summed E-state index contributed by atoms with van der Waals surface area (Å²) in [5.74, 6) is -0.154. The Labute approximate surface area is 95.8 Å². The summed E-state index contributed by atoms with van der Waals surface area (Å²) in [5, 5.41) is 2.79. The van der Waals surface area contributed by atoms with E-state index in [1.165, 1.54) is 7.11 Å². The lowest BCUT2D eigenvalue weighted by Crippen LogP contribution is -2.43. The lowest BCUT2D eigenvalue weighted by molar-refractivity contribution is -0.139. The quantitative estimate of drug-likeness (QED) is 0.755. The Morgan fingerprint density at radius 1 is 1.44 bits per heavy atom. The topological polar surface area (TPSA) is 64.3 Å². The molecule has 1 aromatic carbocycles. The number of ether oxygens (including phenoxy) is 1. The average Bonchev–Trinajstić information content (AvgIpc) is 2.27. The number of hydrogen-bond acceptors (Lipinski definition) is 3. The van der Waals surface area contributed by atoms with Gasteiger partial charge in [0.15, 0.2) is 0 Å². The predicted molar refractivity (Wildman–Crippen MR) is 63.8 cm³/mol. The predicted octanol–water partition coefficient (Wildman–Crippen LogP) is 1.31. The van der Waals surface area contributed by atoms with Crippen LogP contribution in [0, 0.1) is 0 Å². The fraction of sp³-hybridized carbons (Fsp3) is 0.417. The van der Waals surface area contributed by atoms with Crippen molar-refractivity contribution in [2.45, 2.75) is 26.0 Å². The van der Waals surface area contributed by atoms with Crippen molar-refractivity contribution < 1.29 is 9.53 Å². The van der Waals surface area contributed by atoms with Gasteiger partial charge in [0.2, 0.25) is 0 Å². The number of carbonyl (C=O) groups excluding carboxylic acids is 1. The maximum absolute atomic E-state index is 11.7. The fourth-order valence-corrected chi connectivity index (χ4v) is 1.18. The molecule has 88 valence electrons. The first kappa shape index (κ1) is 12.5. The van der Waals surface area contributed by atoms with Crippen molar-refractivity contribution >= 4 is 11.6 Å². The molecular weight excluding hydrogens is 204 g/mol. The molecule has 3 N–H and O–H groups in total. The van der Waals surface area contributed by atoms with E-state index in [1.54, 1.807) is 13.8 Å². The van der Waals surface area contributed by atoms with Gasteiger partial charge in [-0.15, -0.1) is 0 Å². The van der Waals surface area contributed by atoms with Gasteiger partial charge in [0.25, 0.3) is 5.91 Å². The van der Waals surface area contributed by atoms with Crippen LogP contribution in [-0.2, 0) is 16.1 Å². The molecule has 1 aromatic rings. The first-order chi connectivity index (χ1) is 7.47. The van der Waals surface area contributed by atoms with Crippen LogP contribution in [0.15, 0.2) is 24.3 Å². The lowest BCUT2D eigenvalue weighted by Gasteiger charge is -2.21. The van der Waals surface area contributed by atoms with E-state index in [0.717, 1.165) is 5.56 Å². The zero-order chi connectivity index (χ0) is 12.2. The van der Waals surface area contributed by atoms with Crippen LogP contribution in [-0.4, -0.2) is 18.6 Å². The molecule has 0 saturated heterocycles. The van der Waals surface area contributed by atoms with Crippen molar-refractivity contribution in [3.8, 4) is 0 Å². The molecule has 0 bridgehead atoms. The zero-order valence-corrected chi connectivity index (χ0v) is 9.91. The summed E-state index contributed by atoms with van der Waals surface area (Å²) in [6.45, 7) is 3.85. The fourth-order valence-electron chi connectivity index (χ4n) is 1.18. The van der Waals surface area contributed by atoms with Crippen LogP contribution in [0.1, 0.15) is 19.4 Å². The van der Waals surface area contributed by atoms with Gasteiger partial charge >= 0.3 is 0 Å². The Kier molecular flexibility index (Phi) is 3.90. The molecule has 0 aromatic heterocycles. The maximum Gasteiger partial charge on any atom is 0.251 e. The Bertz CT molecular complexity index is 375. The van der Waals surface area contributed by atoms with E-state index in [-0.39, 0.29) is 5.91 Å². The monoisotopic (exact) mass is 222 g/mol. The SMILES string of the molecule is COC(C)(C)C(=O)NCc1ccccc1N. The third kappa shape index (κ3) is 2.97. The Balaban J connectivity index is 2.59. The summed E-state index contributed by atoms with van der Waals surface area (Å²) in [4.78, 5) is 11.7. The largest absolute Gasteiger partial charge is 0.398 e. The van der Waals surface area contributed by atoms with Crippen LogP contribution >= 0.6 is 0 Å². The number of hydrogen-bond donors (Lipinski definition) is 2. The molecule has 0 heterocycles. The molecule has 0 atom stereocenters. The Hall–Kier alpha value is -1.55. The molecule has 16 heavy (non-hydrogen) atoms. The molecule has 0 aliphatic heterocycles. The second-order valence-electron chi connectivity index (χ2n) is 4.10. The van der Waals surface area contributed by atoms with E-state index < -0.39 is 5.60 Å². The molecule has 0 unspecified atom stereocenters. The number of anilines is 1. The smallest absolute Gasteiger partial charge is 0.251 e. The van der Waals surface area contributed by atoms with Crippen molar-refractivity contribution in [2.75, 3.05) is 12.8 Å². The third-order valence-electron chi connectivity index (χ3n) is 2.55. The summed E-state index contributed by atoms with van der Waals surface area (Å²) in [6, 6.07) is 7.44. The number of benzene rings is 1. The highest BCUT2D eigenvalue weighted by Crippen LogP contribution is 2.11. The van der Waals surface area contributed by atoms with Gasteiger partial charge < -0.3 is 15.8 Å². The van der Waals surface area contributed by atoms with Gasteiger partial charge in [-0.1, -0.05) is 18.2 Å². The van der Waals surface area contributed by atoms with Gasteiger partial charge in [-0.25, -0.2) is 0 Å². The summed E-state index contributed by atoms with van der Waals surface area (Å²) in [7, 11) is 1.51. The summed E-state index contributed by atoms with van der Waals surface area (Å²) in [5.41, 5.74) is 6.53. The highest BCUT2D eigenvalue weighted by Gasteiger charge is 2.26. The summed E-state index contributed by atoms with van der Waals surface area (Å²) < 4.78 is 5.07. The molecular formula is C12H18N2O2. The Morgan fingerprint density at radius 3 is 2.62 bits per heavy atom. The van der Waals surface area contributed by atoms with Crippen molar-refractivity contribution in [1.82, 2.24) is 5.32 Å². The minimum absolute atomic E-state index is 0.154. The van der Waals surface area contributed by atoms with E-state index in [1.807, 2.05) is 24.3 Å². The minimum Gasteiger partial charge on any atom is -0.398 e. The van der Waals surface area contributed by atoms with Crippen molar-refractivity contribution in [3.05, 3.63) is 29.8 Å². The van der Waals surface area contributed by atoms with E-state index in [9.17, 15) is 4.79 Å². The van der Waals surface area contributed by atoms with E-state index in [2.05, 4.69) is 5.32 Å². The standard InChI is InChI=1S/C12H18N2O2/c1-12(2,16-3)11(15)14-8-9-6-4-5-7-10(9)13/h4-7H,8,13H2,1-3H3,(H,14,15). The molecule has 0 aliphatic carbocycles. The van der Waals surface area contributed by atoms with Crippen LogP contribution in [0.5, 0.6) is 0 Å². The van der Waals surface area contributed by atoms with E-state index >= 15 is 0 Å². The van der Waals surface area contributed by atoms with Gasteiger partial charge in [0.1, 0.15) is 5.60 Å². The number of carbonyl (C=O) groups is 1. The molecule has 0 saturated carbocycles. The molecule has 1 rings (SSSR count). The summed E-state index contributed by atoms with van der Waals surface area (Å²) in [6.07, 6.45) is 0. The number of amides is 1. The highest BCUT2D eigenvalue weighted by molar-refractivity contribution is 5.84.